The van der Waals surface area contributed by atoms with E-state index in [1.165, 1.54) is 14.2 Å². The second kappa shape index (κ2) is 8.44. The number of carbonyl (C=O) groups excluding carboxylic acids is 2. The third-order valence-corrected chi connectivity index (χ3v) is 6.33. The Balaban J connectivity index is 2.28. The molecular weight excluding hydrogens is 440 g/mol. The van der Waals surface area contributed by atoms with Crippen LogP contribution in [0.2, 0.25) is 0 Å². The number of hydrogen-bond donors (Lipinski definition) is 0. The molecule has 126 valence electrons. The van der Waals surface area contributed by atoms with Crippen LogP contribution >= 0.6 is 31.9 Å². The summed E-state index contributed by atoms with van der Waals surface area (Å²) in [5, 5.41) is 0. The quantitative estimate of drug-likeness (QED) is 0.478. The van der Waals surface area contributed by atoms with E-state index in [1.54, 1.807) is 36.4 Å². The van der Waals surface area contributed by atoms with Crippen molar-refractivity contribution in [3.05, 3.63) is 70.8 Å². The Kier molecular flexibility index (Phi) is 6.57. The van der Waals surface area contributed by atoms with Gasteiger partial charge in [0.05, 0.1) is 35.0 Å². The Morgan fingerprint density at radius 3 is 1.50 bits per heavy atom. The molecule has 0 aliphatic rings. The lowest BCUT2D eigenvalue weighted by Gasteiger charge is -2.18. The second-order valence-corrected chi connectivity index (χ2v) is 7.01. The van der Waals surface area contributed by atoms with Crippen molar-refractivity contribution in [3.63, 3.8) is 0 Å². The van der Waals surface area contributed by atoms with Crippen LogP contribution in [0.4, 0.5) is 0 Å². The molecule has 0 heterocycles. The van der Waals surface area contributed by atoms with Crippen LogP contribution in [-0.4, -0.2) is 26.2 Å². The van der Waals surface area contributed by atoms with Crippen LogP contribution < -0.4 is 0 Å². The second-order valence-electron chi connectivity index (χ2n) is 5.04. The summed E-state index contributed by atoms with van der Waals surface area (Å²) in [4.78, 5) is 23.2. The van der Waals surface area contributed by atoms with E-state index >= 15 is 0 Å². The maximum absolute atomic E-state index is 11.7. The lowest BCUT2D eigenvalue weighted by atomic mass is 10.0. The van der Waals surface area contributed by atoms with E-state index < -0.39 is 0 Å². The van der Waals surface area contributed by atoms with E-state index in [0.717, 1.165) is 11.1 Å². The Hall–Kier alpha value is -1.66. The van der Waals surface area contributed by atoms with Gasteiger partial charge < -0.3 is 9.47 Å². The highest BCUT2D eigenvalue weighted by Gasteiger charge is 2.22. The number of alkyl halides is 2. The molecule has 0 aliphatic carbocycles. The van der Waals surface area contributed by atoms with Crippen molar-refractivity contribution in [1.29, 1.82) is 0 Å². The van der Waals surface area contributed by atoms with Gasteiger partial charge in [-0.3, -0.25) is 0 Å². The number of hydrogen-bond acceptors (Lipinski definition) is 4. The number of ether oxygens (including phenoxy) is 2. The first-order valence-corrected chi connectivity index (χ1v) is 8.95. The van der Waals surface area contributed by atoms with Gasteiger partial charge in [-0.05, 0) is 35.4 Å². The first kappa shape index (κ1) is 18.7. The molecule has 0 saturated carbocycles. The maximum Gasteiger partial charge on any atom is 0.337 e. The summed E-state index contributed by atoms with van der Waals surface area (Å²) in [5.74, 6) is -0.759. The summed E-state index contributed by atoms with van der Waals surface area (Å²) in [6, 6.07) is 14.4. The molecule has 0 radical (unpaired) electrons. The van der Waals surface area contributed by atoms with E-state index in [-0.39, 0.29) is 21.6 Å². The number of methoxy groups -OCH3 is 2. The first-order valence-electron chi connectivity index (χ1n) is 7.12. The molecule has 0 bridgehead atoms. The molecule has 0 fully saturated rings. The van der Waals surface area contributed by atoms with Gasteiger partial charge in [-0.1, -0.05) is 56.1 Å². The molecule has 0 aliphatic heterocycles. The topological polar surface area (TPSA) is 52.6 Å². The molecule has 0 spiro atoms. The van der Waals surface area contributed by atoms with Crippen LogP contribution in [0, 0.1) is 0 Å². The van der Waals surface area contributed by atoms with Crippen molar-refractivity contribution in [1.82, 2.24) is 0 Å². The fraction of sp³-hybridized carbons (Fsp3) is 0.222. The standard InChI is InChI=1S/C18H16Br2O4/c1-23-17(21)13-7-3-5-11(9-13)15(19)16(20)12-6-4-8-14(10-12)18(22)24-2/h3-10,15-16H,1-2H3. The zero-order valence-electron chi connectivity index (χ0n) is 13.2. The van der Waals surface area contributed by atoms with E-state index in [9.17, 15) is 9.59 Å². The van der Waals surface area contributed by atoms with Crippen LogP contribution in [0.15, 0.2) is 48.5 Å². The van der Waals surface area contributed by atoms with Crippen molar-refractivity contribution < 1.29 is 19.1 Å². The zero-order valence-corrected chi connectivity index (χ0v) is 16.3. The monoisotopic (exact) mass is 454 g/mol. The summed E-state index contributed by atoms with van der Waals surface area (Å²) >= 11 is 7.31. The fourth-order valence-electron chi connectivity index (χ4n) is 2.25. The molecule has 0 amide bonds. The predicted octanol–water partition coefficient (Wildman–Crippen LogP) is 4.83. The van der Waals surface area contributed by atoms with Gasteiger partial charge in [0, 0.05) is 0 Å². The summed E-state index contributed by atoms with van der Waals surface area (Å²) in [6.45, 7) is 0. The first-order chi connectivity index (χ1) is 11.5. The summed E-state index contributed by atoms with van der Waals surface area (Å²) in [5.41, 5.74) is 2.82. The average molecular weight is 456 g/mol. The molecular formula is C18H16Br2O4. The van der Waals surface area contributed by atoms with Gasteiger partial charge in [-0.25, -0.2) is 9.59 Å². The third kappa shape index (κ3) is 4.24. The van der Waals surface area contributed by atoms with Gasteiger partial charge in [-0.2, -0.15) is 0 Å². The van der Waals surface area contributed by atoms with Crippen molar-refractivity contribution in [2.24, 2.45) is 0 Å². The predicted molar refractivity (Wildman–Crippen MR) is 98.9 cm³/mol. The Morgan fingerprint density at radius 2 is 1.17 bits per heavy atom. The van der Waals surface area contributed by atoms with Crippen LogP contribution in [0.5, 0.6) is 0 Å². The highest BCUT2D eigenvalue weighted by molar-refractivity contribution is 9.12. The van der Waals surface area contributed by atoms with Gasteiger partial charge in [0.1, 0.15) is 0 Å². The van der Waals surface area contributed by atoms with Gasteiger partial charge in [0.15, 0.2) is 0 Å². The van der Waals surface area contributed by atoms with Crippen LogP contribution in [-0.2, 0) is 9.47 Å². The number of halogens is 2. The summed E-state index contributed by atoms with van der Waals surface area (Å²) in [6.07, 6.45) is 0. The zero-order chi connectivity index (χ0) is 17.7. The smallest absolute Gasteiger partial charge is 0.337 e. The third-order valence-electron chi connectivity index (χ3n) is 3.51. The minimum absolute atomic E-state index is 0.102. The van der Waals surface area contributed by atoms with E-state index in [4.69, 9.17) is 9.47 Å². The van der Waals surface area contributed by atoms with Crippen molar-refractivity contribution in [3.8, 4) is 0 Å². The van der Waals surface area contributed by atoms with Crippen molar-refractivity contribution in [2.75, 3.05) is 14.2 Å². The molecule has 2 unspecified atom stereocenters. The van der Waals surface area contributed by atoms with E-state index in [2.05, 4.69) is 31.9 Å². The molecule has 2 rings (SSSR count). The van der Waals surface area contributed by atoms with Crippen LogP contribution in [0.25, 0.3) is 0 Å². The van der Waals surface area contributed by atoms with Gasteiger partial charge >= 0.3 is 11.9 Å². The van der Waals surface area contributed by atoms with Gasteiger partial charge in [0.25, 0.3) is 0 Å². The van der Waals surface area contributed by atoms with E-state index in [0.29, 0.717) is 11.1 Å². The Bertz CT molecular complexity index is 682. The van der Waals surface area contributed by atoms with E-state index in [1.807, 2.05) is 12.1 Å². The lowest BCUT2D eigenvalue weighted by molar-refractivity contribution is 0.0591. The summed E-state index contributed by atoms with van der Waals surface area (Å²) in [7, 11) is 2.71. The highest BCUT2D eigenvalue weighted by atomic mass is 79.9. The van der Waals surface area contributed by atoms with Crippen molar-refractivity contribution >= 4 is 43.8 Å². The molecule has 2 aromatic rings. The normalized spacial score (nSPS) is 13.0. The number of benzene rings is 2. The fourth-order valence-corrected chi connectivity index (χ4v) is 3.43. The molecule has 24 heavy (non-hydrogen) atoms. The van der Waals surface area contributed by atoms with Gasteiger partial charge in [-0.15, -0.1) is 0 Å². The molecule has 0 saturated heterocycles. The number of esters is 2. The van der Waals surface area contributed by atoms with Gasteiger partial charge in [0.2, 0.25) is 0 Å². The average Bonchev–Trinajstić information content (AvgIpc) is 2.65. The minimum atomic E-state index is -0.379. The minimum Gasteiger partial charge on any atom is -0.465 e. The lowest BCUT2D eigenvalue weighted by Crippen LogP contribution is -2.06. The molecule has 0 aromatic heterocycles. The SMILES string of the molecule is COC(=O)c1cccc(C(Br)C(Br)c2cccc(C(=O)OC)c2)c1. The number of carbonyl (C=O) groups is 2. The van der Waals surface area contributed by atoms with Crippen LogP contribution in [0.3, 0.4) is 0 Å². The Labute approximate surface area is 157 Å². The molecule has 2 aromatic carbocycles. The van der Waals surface area contributed by atoms with Crippen molar-refractivity contribution in [2.45, 2.75) is 9.65 Å². The molecule has 6 heteroatoms. The molecule has 4 nitrogen and oxygen atoms in total. The van der Waals surface area contributed by atoms with Crippen LogP contribution in [0.1, 0.15) is 41.5 Å². The largest absolute Gasteiger partial charge is 0.465 e. The molecule has 2 atom stereocenters. The Morgan fingerprint density at radius 1 is 0.792 bits per heavy atom. The highest BCUT2D eigenvalue weighted by Crippen LogP contribution is 2.42. The molecule has 0 N–H and O–H groups in total. The number of rotatable bonds is 5. The summed E-state index contributed by atoms with van der Waals surface area (Å²) < 4.78 is 9.51. The maximum atomic E-state index is 11.7.